The highest BCUT2D eigenvalue weighted by atomic mass is 16.5. The maximum Gasteiger partial charge on any atom is 0.179 e. The van der Waals surface area contributed by atoms with Crippen LogP contribution in [0.15, 0.2) is 66.9 Å². The third-order valence-corrected chi connectivity index (χ3v) is 5.76. The maximum absolute atomic E-state index is 9.16. The van der Waals surface area contributed by atoms with Crippen LogP contribution in [0.1, 0.15) is 12.1 Å². The fourth-order valence-corrected chi connectivity index (χ4v) is 4.23. The summed E-state index contributed by atoms with van der Waals surface area (Å²) in [4.78, 5) is 9.03. The van der Waals surface area contributed by atoms with E-state index in [0.29, 0.717) is 6.04 Å². The largest absolute Gasteiger partial charge is 0.457 e. The number of nitrogens with zero attached hydrogens (tertiary/aromatic N) is 4. The molecule has 5 rings (SSSR count). The Morgan fingerprint density at radius 3 is 2.52 bits per heavy atom. The molecule has 0 amide bonds. The second kappa shape index (κ2) is 7.48. The Labute approximate surface area is 170 Å². The standard InChI is InChI=1S/C24H22N4O/c25-17-27-12-10-20(16-27)28-13-11-23-24(28)14-19(15-26-23)18-6-8-22(9-7-18)29-21-4-2-1-3-5-21/h1-9,14-15,20H,10-13,16H2. The van der Waals surface area contributed by atoms with Crippen LogP contribution in [0.5, 0.6) is 11.5 Å². The van der Waals surface area contributed by atoms with Crippen molar-refractivity contribution in [3.05, 3.63) is 72.6 Å². The van der Waals surface area contributed by atoms with Gasteiger partial charge in [-0.25, -0.2) is 0 Å². The van der Waals surface area contributed by atoms with E-state index in [1.165, 1.54) is 5.69 Å². The Morgan fingerprint density at radius 2 is 1.76 bits per heavy atom. The van der Waals surface area contributed by atoms with Crippen LogP contribution in [0.25, 0.3) is 11.1 Å². The summed E-state index contributed by atoms with van der Waals surface area (Å²) in [6.45, 7) is 2.65. The van der Waals surface area contributed by atoms with Gasteiger partial charge in [0.2, 0.25) is 0 Å². The lowest BCUT2D eigenvalue weighted by Gasteiger charge is -2.26. The Kier molecular flexibility index (Phi) is 4.53. The molecule has 2 aliphatic rings. The molecule has 0 spiro atoms. The first-order valence-electron chi connectivity index (χ1n) is 10.0. The van der Waals surface area contributed by atoms with Crippen LogP contribution in [-0.4, -0.2) is 35.6 Å². The first kappa shape index (κ1) is 17.6. The molecule has 0 bridgehead atoms. The third kappa shape index (κ3) is 3.50. The summed E-state index contributed by atoms with van der Waals surface area (Å²) in [5.74, 6) is 1.65. The van der Waals surface area contributed by atoms with Crippen molar-refractivity contribution in [2.24, 2.45) is 0 Å². The molecule has 3 aromatic rings. The molecular weight excluding hydrogens is 360 g/mol. The summed E-state index contributed by atoms with van der Waals surface area (Å²) in [5.41, 5.74) is 4.61. The number of likely N-dealkylation sites (tertiary alicyclic amines) is 1. The number of rotatable bonds is 4. The Balaban J connectivity index is 1.36. The van der Waals surface area contributed by atoms with Crippen molar-refractivity contribution in [1.82, 2.24) is 9.88 Å². The normalized spacial score (nSPS) is 17.8. The monoisotopic (exact) mass is 382 g/mol. The molecule has 0 radical (unpaired) electrons. The molecule has 5 heteroatoms. The Morgan fingerprint density at radius 1 is 0.966 bits per heavy atom. The second-order valence-electron chi connectivity index (χ2n) is 7.56. The minimum atomic E-state index is 0.398. The number of nitriles is 1. The summed E-state index contributed by atoms with van der Waals surface area (Å²) < 4.78 is 5.89. The molecule has 1 unspecified atom stereocenters. The van der Waals surface area contributed by atoms with Gasteiger partial charge in [0.15, 0.2) is 6.19 Å². The number of aromatic nitrogens is 1. The Hall–Kier alpha value is -3.52. The van der Waals surface area contributed by atoms with Gasteiger partial charge in [0.05, 0.1) is 11.4 Å². The minimum Gasteiger partial charge on any atom is -0.457 e. The van der Waals surface area contributed by atoms with Crippen molar-refractivity contribution >= 4 is 5.69 Å². The quantitative estimate of drug-likeness (QED) is 0.624. The summed E-state index contributed by atoms with van der Waals surface area (Å²) >= 11 is 0. The van der Waals surface area contributed by atoms with E-state index in [1.807, 2.05) is 53.6 Å². The lowest BCUT2D eigenvalue weighted by atomic mass is 10.1. The van der Waals surface area contributed by atoms with E-state index in [0.717, 1.165) is 60.8 Å². The van der Waals surface area contributed by atoms with E-state index in [9.17, 15) is 0 Å². The SMILES string of the molecule is N#CN1CCC(N2CCc3ncc(-c4ccc(Oc5ccccc5)cc4)cc32)C1. The minimum absolute atomic E-state index is 0.398. The molecule has 2 aliphatic heterocycles. The number of hydrogen-bond donors (Lipinski definition) is 0. The van der Waals surface area contributed by atoms with Crippen LogP contribution >= 0.6 is 0 Å². The van der Waals surface area contributed by atoms with E-state index in [1.54, 1.807) is 0 Å². The summed E-state index contributed by atoms with van der Waals surface area (Å²) in [6.07, 6.45) is 6.25. The number of fused-ring (bicyclic) bond motifs is 1. The molecule has 1 atom stereocenters. The molecule has 2 aromatic carbocycles. The van der Waals surface area contributed by atoms with Crippen molar-refractivity contribution in [3.8, 4) is 28.8 Å². The van der Waals surface area contributed by atoms with Crippen molar-refractivity contribution in [3.63, 3.8) is 0 Å². The van der Waals surface area contributed by atoms with E-state index < -0.39 is 0 Å². The van der Waals surface area contributed by atoms with Crippen molar-refractivity contribution in [2.45, 2.75) is 18.9 Å². The molecule has 1 fully saturated rings. The average molecular weight is 382 g/mol. The van der Waals surface area contributed by atoms with E-state index >= 15 is 0 Å². The molecule has 1 saturated heterocycles. The number of benzene rings is 2. The van der Waals surface area contributed by atoms with E-state index in [2.05, 4.69) is 29.3 Å². The van der Waals surface area contributed by atoms with E-state index in [4.69, 9.17) is 15.0 Å². The number of ether oxygens (including phenoxy) is 1. The highest BCUT2D eigenvalue weighted by Crippen LogP contribution is 2.35. The first-order chi connectivity index (χ1) is 14.3. The molecule has 144 valence electrons. The summed E-state index contributed by atoms with van der Waals surface area (Å²) in [6, 6.07) is 20.6. The lowest BCUT2D eigenvalue weighted by Crippen LogP contribution is -2.35. The van der Waals surface area contributed by atoms with Gasteiger partial charge in [0.1, 0.15) is 11.5 Å². The van der Waals surface area contributed by atoms with Crippen LogP contribution in [0, 0.1) is 11.5 Å². The number of hydrogen-bond acceptors (Lipinski definition) is 5. The predicted octanol–water partition coefficient (Wildman–Crippen LogP) is 4.46. The van der Waals surface area contributed by atoms with Gasteiger partial charge in [-0.2, -0.15) is 5.26 Å². The second-order valence-corrected chi connectivity index (χ2v) is 7.56. The highest BCUT2D eigenvalue weighted by Gasteiger charge is 2.32. The zero-order valence-electron chi connectivity index (χ0n) is 16.2. The van der Waals surface area contributed by atoms with Crippen LogP contribution in [0.2, 0.25) is 0 Å². The van der Waals surface area contributed by atoms with Crippen LogP contribution in [-0.2, 0) is 6.42 Å². The summed E-state index contributed by atoms with van der Waals surface area (Å²) in [7, 11) is 0. The maximum atomic E-state index is 9.16. The fourth-order valence-electron chi connectivity index (χ4n) is 4.23. The van der Waals surface area contributed by atoms with Gasteiger partial charge < -0.3 is 14.5 Å². The average Bonchev–Trinajstić information content (AvgIpc) is 3.41. The molecular formula is C24H22N4O. The molecule has 29 heavy (non-hydrogen) atoms. The topological polar surface area (TPSA) is 52.4 Å². The van der Waals surface area contributed by atoms with Crippen LogP contribution < -0.4 is 9.64 Å². The van der Waals surface area contributed by atoms with Crippen molar-refractivity contribution in [1.29, 1.82) is 5.26 Å². The van der Waals surface area contributed by atoms with Crippen LogP contribution in [0.3, 0.4) is 0 Å². The lowest BCUT2D eigenvalue weighted by molar-refractivity contribution is 0.473. The first-order valence-corrected chi connectivity index (χ1v) is 10.0. The predicted molar refractivity (Wildman–Crippen MR) is 113 cm³/mol. The highest BCUT2D eigenvalue weighted by molar-refractivity contribution is 5.70. The molecule has 0 N–H and O–H groups in total. The molecule has 5 nitrogen and oxygen atoms in total. The van der Waals surface area contributed by atoms with Gasteiger partial charge in [-0.05, 0) is 42.3 Å². The zero-order valence-corrected chi connectivity index (χ0v) is 16.2. The molecule has 1 aromatic heterocycles. The van der Waals surface area contributed by atoms with Gasteiger partial charge in [0.25, 0.3) is 0 Å². The number of anilines is 1. The van der Waals surface area contributed by atoms with Crippen molar-refractivity contribution in [2.75, 3.05) is 24.5 Å². The number of para-hydroxylation sites is 1. The molecule has 0 aliphatic carbocycles. The van der Waals surface area contributed by atoms with Gasteiger partial charge in [-0.15, -0.1) is 0 Å². The van der Waals surface area contributed by atoms with Gasteiger partial charge in [0, 0.05) is 43.9 Å². The third-order valence-electron chi connectivity index (χ3n) is 5.76. The van der Waals surface area contributed by atoms with Gasteiger partial charge >= 0.3 is 0 Å². The number of pyridine rings is 1. The van der Waals surface area contributed by atoms with Crippen molar-refractivity contribution < 1.29 is 4.74 Å². The van der Waals surface area contributed by atoms with Gasteiger partial charge in [-0.1, -0.05) is 30.3 Å². The van der Waals surface area contributed by atoms with E-state index in [-0.39, 0.29) is 0 Å². The van der Waals surface area contributed by atoms with Crippen LogP contribution in [0.4, 0.5) is 5.69 Å². The molecule has 3 heterocycles. The smallest absolute Gasteiger partial charge is 0.179 e. The fraction of sp³-hybridized carbons (Fsp3) is 0.250. The Bertz CT molecular complexity index is 1040. The summed E-state index contributed by atoms with van der Waals surface area (Å²) in [5, 5.41) is 9.16. The van der Waals surface area contributed by atoms with Gasteiger partial charge in [-0.3, -0.25) is 4.98 Å². The zero-order chi connectivity index (χ0) is 19.6. The molecule has 0 saturated carbocycles.